The lowest BCUT2D eigenvalue weighted by atomic mass is 10.1. The summed E-state index contributed by atoms with van der Waals surface area (Å²) < 4.78 is 0. The van der Waals surface area contributed by atoms with Crippen LogP contribution in [0.25, 0.3) is 11.1 Å². The molecule has 20 heavy (non-hydrogen) atoms. The molecule has 2 aromatic rings. The first kappa shape index (κ1) is 12.6. The van der Waals surface area contributed by atoms with Crippen molar-refractivity contribution in [1.82, 2.24) is 15.3 Å². The van der Waals surface area contributed by atoms with Gasteiger partial charge in [0.15, 0.2) is 5.96 Å². The first-order valence-corrected chi connectivity index (χ1v) is 6.74. The summed E-state index contributed by atoms with van der Waals surface area (Å²) in [6.45, 7) is 0.403. The van der Waals surface area contributed by atoms with Crippen LogP contribution in [0.1, 0.15) is 18.7 Å². The van der Waals surface area contributed by atoms with E-state index in [1.54, 1.807) is 0 Å². The SMILES string of the molecule is NC(=NCc1ncc(-c2ccccc2)cn1)NC1CC1. The average Bonchev–Trinajstić information content (AvgIpc) is 3.31. The van der Waals surface area contributed by atoms with E-state index >= 15 is 0 Å². The zero-order valence-corrected chi connectivity index (χ0v) is 11.2. The molecule has 5 heteroatoms. The highest BCUT2D eigenvalue weighted by Gasteiger charge is 2.21. The summed E-state index contributed by atoms with van der Waals surface area (Å²) in [6.07, 6.45) is 5.99. The molecule has 102 valence electrons. The van der Waals surface area contributed by atoms with Gasteiger partial charge in [-0.3, -0.25) is 0 Å². The average molecular weight is 267 g/mol. The smallest absolute Gasteiger partial charge is 0.189 e. The number of hydrogen-bond acceptors (Lipinski definition) is 3. The van der Waals surface area contributed by atoms with Crippen LogP contribution in [0.3, 0.4) is 0 Å². The second-order valence-electron chi connectivity index (χ2n) is 4.87. The van der Waals surface area contributed by atoms with Crippen molar-refractivity contribution in [2.75, 3.05) is 0 Å². The third-order valence-corrected chi connectivity index (χ3v) is 3.13. The molecule has 1 saturated carbocycles. The summed E-state index contributed by atoms with van der Waals surface area (Å²) in [5.41, 5.74) is 7.88. The molecule has 0 spiro atoms. The van der Waals surface area contributed by atoms with Crippen LogP contribution >= 0.6 is 0 Å². The van der Waals surface area contributed by atoms with Crippen LogP contribution < -0.4 is 11.1 Å². The Labute approximate surface area is 118 Å². The lowest BCUT2D eigenvalue weighted by molar-refractivity contribution is 0.854. The Bertz CT molecular complexity index is 587. The molecule has 1 fully saturated rings. The monoisotopic (exact) mass is 267 g/mol. The molecule has 0 unspecified atom stereocenters. The fourth-order valence-electron chi connectivity index (χ4n) is 1.85. The van der Waals surface area contributed by atoms with Crippen LogP contribution in [-0.2, 0) is 6.54 Å². The topological polar surface area (TPSA) is 76.2 Å². The molecule has 1 heterocycles. The highest BCUT2D eigenvalue weighted by molar-refractivity contribution is 5.78. The second-order valence-corrected chi connectivity index (χ2v) is 4.87. The van der Waals surface area contributed by atoms with Crippen LogP contribution in [0.4, 0.5) is 0 Å². The van der Waals surface area contributed by atoms with Gasteiger partial charge in [-0.1, -0.05) is 30.3 Å². The summed E-state index contributed by atoms with van der Waals surface area (Å²) >= 11 is 0. The van der Waals surface area contributed by atoms with Crippen LogP contribution in [0, 0.1) is 0 Å². The number of rotatable bonds is 4. The Morgan fingerprint density at radius 3 is 2.50 bits per heavy atom. The fraction of sp³-hybridized carbons (Fsp3) is 0.267. The maximum absolute atomic E-state index is 5.77. The molecule has 0 atom stereocenters. The molecule has 1 aromatic heterocycles. The van der Waals surface area contributed by atoms with Gasteiger partial charge in [0.05, 0.1) is 0 Å². The first-order chi connectivity index (χ1) is 9.81. The lowest BCUT2D eigenvalue weighted by Crippen LogP contribution is -2.33. The number of nitrogens with two attached hydrogens (primary N) is 1. The van der Waals surface area contributed by atoms with Crippen LogP contribution in [0.5, 0.6) is 0 Å². The van der Waals surface area contributed by atoms with Crippen molar-refractivity contribution < 1.29 is 0 Å². The number of hydrogen-bond donors (Lipinski definition) is 2. The molecule has 0 saturated heterocycles. The van der Waals surface area contributed by atoms with Gasteiger partial charge in [0.2, 0.25) is 0 Å². The fourth-order valence-corrected chi connectivity index (χ4v) is 1.85. The molecular weight excluding hydrogens is 250 g/mol. The molecule has 1 aliphatic rings. The molecule has 0 radical (unpaired) electrons. The van der Waals surface area contributed by atoms with Crippen molar-refractivity contribution in [3.63, 3.8) is 0 Å². The van der Waals surface area contributed by atoms with Gasteiger partial charge in [-0.15, -0.1) is 0 Å². The normalized spacial score (nSPS) is 15.1. The van der Waals surface area contributed by atoms with Gasteiger partial charge in [0.25, 0.3) is 0 Å². The van der Waals surface area contributed by atoms with E-state index in [1.165, 1.54) is 12.8 Å². The maximum Gasteiger partial charge on any atom is 0.189 e. The summed E-state index contributed by atoms with van der Waals surface area (Å²) in [4.78, 5) is 12.9. The van der Waals surface area contributed by atoms with Crippen molar-refractivity contribution in [2.24, 2.45) is 10.7 Å². The number of benzene rings is 1. The number of aromatic nitrogens is 2. The van der Waals surface area contributed by atoms with Gasteiger partial charge < -0.3 is 11.1 Å². The van der Waals surface area contributed by atoms with Crippen LogP contribution in [-0.4, -0.2) is 22.0 Å². The number of nitrogens with one attached hydrogen (secondary N) is 1. The van der Waals surface area contributed by atoms with Gasteiger partial charge >= 0.3 is 0 Å². The second kappa shape index (κ2) is 5.69. The van der Waals surface area contributed by atoms with Crippen molar-refractivity contribution in [3.05, 3.63) is 48.5 Å². The minimum Gasteiger partial charge on any atom is -0.370 e. The summed E-state index contributed by atoms with van der Waals surface area (Å²) in [7, 11) is 0. The Morgan fingerprint density at radius 1 is 1.15 bits per heavy atom. The lowest BCUT2D eigenvalue weighted by Gasteiger charge is -2.03. The summed E-state index contributed by atoms with van der Waals surface area (Å²) in [5.74, 6) is 1.15. The molecular formula is C15H17N5. The van der Waals surface area contributed by atoms with E-state index in [-0.39, 0.29) is 0 Å². The van der Waals surface area contributed by atoms with Crippen LogP contribution in [0.15, 0.2) is 47.7 Å². The Hall–Kier alpha value is -2.43. The van der Waals surface area contributed by atoms with E-state index in [9.17, 15) is 0 Å². The number of aliphatic imine (C=N–C) groups is 1. The van der Waals surface area contributed by atoms with Gasteiger partial charge in [0, 0.05) is 24.0 Å². The quantitative estimate of drug-likeness (QED) is 0.653. The molecule has 3 rings (SSSR count). The third-order valence-electron chi connectivity index (χ3n) is 3.13. The number of nitrogens with zero attached hydrogens (tertiary/aromatic N) is 3. The molecule has 0 amide bonds. The standard InChI is InChI=1S/C15H17N5/c16-15(20-13-6-7-13)19-10-14-17-8-12(9-18-14)11-4-2-1-3-5-11/h1-5,8-9,13H,6-7,10H2,(H3,16,19,20). The van der Waals surface area contributed by atoms with Gasteiger partial charge in [-0.05, 0) is 18.4 Å². The highest BCUT2D eigenvalue weighted by Crippen LogP contribution is 2.18. The molecule has 0 aliphatic heterocycles. The summed E-state index contributed by atoms with van der Waals surface area (Å²) in [5, 5.41) is 3.13. The first-order valence-electron chi connectivity index (χ1n) is 6.74. The molecule has 1 aromatic carbocycles. The maximum atomic E-state index is 5.77. The van der Waals surface area contributed by atoms with E-state index in [2.05, 4.69) is 20.3 Å². The van der Waals surface area contributed by atoms with Gasteiger partial charge in [-0.25, -0.2) is 15.0 Å². The van der Waals surface area contributed by atoms with E-state index in [1.807, 2.05) is 42.7 Å². The molecule has 3 N–H and O–H groups in total. The van der Waals surface area contributed by atoms with Crippen molar-refractivity contribution in [3.8, 4) is 11.1 Å². The highest BCUT2D eigenvalue weighted by atomic mass is 15.1. The van der Waals surface area contributed by atoms with E-state index in [0.717, 1.165) is 11.1 Å². The zero-order chi connectivity index (χ0) is 13.8. The molecule has 1 aliphatic carbocycles. The molecule has 0 bridgehead atoms. The van der Waals surface area contributed by atoms with Crippen molar-refractivity contribution in [1.29, 1.82) is 0 Å². The van der Waals surface area contributed by atoms with Crippen molar-refractivity contribution in [2.45, 2.75) is 25.4 Å². The summed E-state index contributed by atoms with van der Waals surface area (Å²) in [6, 6.07) is 10.6. The third kappa shape index (κ3) is 3.32. The largest absolute Gasteiger partial charge is 0.370 e. The Morgan fingerprint density at radius 2 is 1.85 bits per heavy atom. The van der Waals surface area contributed by atoms with E-state index < -0.39 is 0 Å². The van der Waals surface area contributed by atoms with Crippen LogP contribution in [0.2, 0.25) is 0 Å². The van der Waals surface area contributed by atoms with Gasteiger partial charge in [-0.2, -0.15) is 0 Å². The van der Waals surface area contributed by atoms with E-state index in [4.69, 9.17) is 5.73 Å². The predicted molar refractivity (Wildman–Crippen MR) is 79.0 cm³/mol. The predicted octanol–water partition coefficient (Wildman–Crippen LogP) is 1.71. The minimum absolute atomic E-state index is 0.403. The minimum atomic E-state index is 0.403. The van der Waals surface area contributed by atoms with Crippen molar-refractivity contribution >= 4 is 5.96 Å². The molecule has 5 nitrogen and oxygen atoms in total. The Kier molecular flexibility index (Phi) is 3.58. The zero-order valence-electron chi connectivity index (χ0n) is 11.2. The Balaban J connectivity index is 1.64. The van der Waals surface area contributed by atoms with Gasteiger partial charge in [0.1, 0.15) is 12.4 Å². The number of guanidine groups is 1. The van der Waals surface area contributed by atoms with E-state index in [0.29, 0.717) is 24.4 Å².